The van der Waals surface area contributed by atoms with Crippen LogP contribution in [0.15, 0.2) is 21.3 Å². The van der Waals surface area contributed by atoms with Crippen LogP contribution in [-0.4, -0.2) is 243 Å². The molecule has 0 bridgehead atoms. The molecule has 1 aromatic carbocycles. The number of aliphatic hydroxyl groups is 1. The number of nitrogens with zero attached hydrogens (tertiary/aromatic N) is 7. The molecule has 10 amide bonds. The van der Waals surface area contributed by atoms with Crippen molar-refractivity contribution in [2.45, 2.75) is 175 Å². The predicted molar refractivity (Wildman–Crippen MR) is 323 cm³/mol. The minimum absolute atomic E-state index is 0.0254. The highest BCUT2D eigenvalue weighted by atomic mass is 16.6. The summed E-state index contributed by atoms with van der Waals surface area (Å²) in [5, 5.41) is 21.8. The number of carbonyl (C=O) groups excluding carboxylic acids is 13. The van der Waals surface area contributed by atoms with E-state index in [0.29, 0.717) is 5.56 Å². The molecule has 0 spiro atoms. The summed E-state index contributed by atoms with van der Waals surface area (Å²) in [6.07, 6.45) is -5.16. The molecule has 13 atom stereocenters. The maximum absolute atomic E-state index is 15.2. The quantitative estimate of drug-likeness (QED) is 0.148. The highest BCUT2D eigenvalue weighted by Crippen LogP contribution is 2.38. The van der Waals surface area contributed by atoms with Gasteiger partial charge in [0.1, 0.15) is 77.8 Å². The Morgan fingerprint density at radius 1 is 0.696 bits per heavy atom. The molecular formula is C62H81N11O19. The maximum atomic E-state index is 15.2. The number of esters is 2. The van der Waals surface area contributed by atoms with Crippen LogP contribution in [0.4, 0.5) is 0 Å². The third-order valence-corrected chi connectivity index (χ3v) is 18.1. The average molecular weight is 1280 g/mol. The van der Waals surface area contributed by atoms with Gasteiger partial charge in [-0.1, -0.05) is 47.6 Å². The minimum Gasteiger partial charge on any atom is -0.485 e. The first-order valence-electron chi connectivity index (χ1n) is 30.5. The molecule has 1 aliphatic carbocycles. The van der Waals surface area contributed by atoms with Gasteiger partial charge in [0, 0.05) is 46.2 Å². The van der Waals surface area contributed by atoms with E-state index in [-0.39, 0.29) is 34.4 Å². The predicted octanol–water partition coefficient (Wildman–Crippen LogP) is -1.19. The fourth-order valence-electron chi connectivity index (χ4n) is 12.4. The van der Waals surface area contributed by atoms with Gasteiger partial charge >= 0.3 is 11.9 Å². The van der Waals surface area contributed by atoms with Gasteiger partial charge < -0.3 is 74.4 Å². The first-order valence-corrected chi connectivity index (χ1v) is 30.5. The number of cyclic esters (lactones) is 1. The number of aromatic nitrogens is 1. The van der Waals surface area contributed by atoms with E-state index in [1.165, 1.54) is 72.9 Å². The largest absolute Gasteiger partial charge is 0.485 e. The minimum atomic E-state index is -1.97. The van der Waals surface area contributed by atoms with E-state index in [4.69, 9.17) is 23.6 Å². The fourth-order valence-corrected chi connectivity index (χ4v) is 12.4. The summed E-state index contributed by atoms with van der Waals surface area (Å²) in [6, 6.07) is -11.4. The topological polar surface area (TPSA) is 380 Å². The Labute approximate surface area is 530 Å². The molecule has 6 aliphatic heterocycles. The second-order valence-corrected chi connectivity index (χ2v) is 25.7. The monoisotopic (exact) mass is 1280 g/mol. The van der Waals surface area contributed by atoms with Gasteiger partial charge in [-0.15, -0.1) is 0 Å². The van der Waals surface area contributed by atoms with E-state index >= 15 is 9.59 Å². The number of ketones is 1. The zero-order valence-electron chi connectivity index (χ0n) is 54.4. The van der Waals surface area contributed by atoms with E-state index in [1.54, 1.807) is 55.4 Å². The van der Waals surface area contributed by atoms with Crippen molar-refractivity contribution in [2.24, 2.45) is 17.8 Å². The summed E-state index contributed by atoms with van der Waals surface area (Å²) in [4.78, 5) is 212. The number of fused-ring (bicyclic) bond motifs is 7. The van der Waals surface area contributed by atoms with Crippen molar-refractivity contribution >= 4 is 87.9 Å². The molecule has 8 rings (SSSR count). The number of aliphatic hydroxyl groups excluding tert-OH is 1. The molecule has 5 N–H and O–H groups in total. The second-order valence-electron chi connectivity index (χ2n) is 25.7. The van der Waals surface area contributed by atoms with Crippen LogP contribution in [0.25, 0.3) is 22.6 Å². The Bertz CT molecular complexity index is 3600. The summed E-state index contributed by atoms with van der Waals surface area (Å²) in [5.41, 5.74) is -2.50. The van der Waals surface area contributed by atoms with Crippen LogP contribution < -0.4 is 31.4 Å². The summed E-state index contributed by atoms with van der Waals surface area (Å²) in [6.45, 7) is 16.2. The lowest BCUT2D eigenvalue weighted by molar-refractivity contribution is -0.163. The molecular weight excluding hydrogens is 1200 g/mol. The Morgan fingerprint density at radius 3 is 1.89 bits per heavy atom. The summed E-state index contributed by atoms with van der Waals surface area (Å²) in [5.74, 6) is -14.7. The number of aryl methyl sites for hydroxylation is 1. The third kappa shape index (κ3) is 12.8. The van der Waals surface area contributed by atoms with Gasteiger partial charge in [-0.3, -0.25) is 57.5 Å². The Hall–Kier alpha value is -9.09. The molecule has 13 unspecified atom stereocenters. The normalized spacial score (nSPS) is 29.0. The molecule has 6 heterocycles. The summed E-state index contributed by atoms with van der Waals surface area (Å²) >= 11 is 0. The third-order valence-electron chi connectivity index (χ3n) is 18.1. The molecule has 0 saturated carbocycles. The molecule has 4 fully saturated rings. The number of likely N-dealkylation sites (N-methyl/N-ethyl adjacent to an activating group) is 4. The highest BCUT2D eigenvalue weighted by molar-refractivity contribution is 6.10. The number of hydrogen-bond donors (Lipinski definition) is 5. The molecule has 4 saturated heterocycles. The van der Waals surface area contributed by atoms with Crippen LogP contribution in [-0.2, 0) is 62.2 Å². The van der Waals surface area contributed by atoms with Gasteiger partial charge in [0.05, 0.1) is 30.8 Å². The van der Waals surface area contributed by atoms with Crippen molar-refractivity contribution in [2.75, 3.05) is 47.9 Å². The number of carbonyl (C=O) groups is 13. The van der Waals surface area contributed by atoms with Gasteiger partial charge in [0.15, 0.2) is 29.0 Å². The number of rotatable bonds is 5. The van der Waals surface area contributed by atoms with Crippen molar-refractivity contribution in [3.05, 3.63) is 44.6 Å². The standard InChI is InChI=1S/C62H81N11O19/c1-24(2)41-58(84)72-28(8)19-36(75)48(72)60(86)69(14)22-39(77)71(16)47(26(5)6)62(88)90-32(12)43(55(81)64-41)66-53(79)33-18-17-27(7)50-44(33)63-46-40-52(49(78)29(9)51(46)92-50)89-23-37-45(67-54(40)80)56(82)65-42(25(3)4)59(85)73-30(10)35(74)20-34(73)57(83)68(13)21-38(76)70(15)31(11)61(87)91-37/h17-18,24-26,28,30-32,34,36-37,41-43,45,47-48,75H,19-23H2,1-16H3,(H,64,81)(H,65,82)(H,66,79)(H,67,80). The molecule has 0 radical (unpaired) electrons. The van der Waals surface area contributed by atoms with Crippen LogP contribution >= 0.6 is 0 Å². The van der Waals surface area contributed by atoms with Crippen molar-refractivity contribution in [3.63, 3.8) is 0 Å². The van der Waals surface area contributed by atoms with Crippen LogP contribution in [0.5, 0.6) is 5.75 Å². The van der Waals surface area contributed by atoms with Crippen molar-refractivity contribution in [3.8, 4) is 17.2 Å². The highest BCUT2D eigenvalue weighted by Gasteiger charge is 2.52. The number of nitrogens with one attached hydrogen (secondary N) is 4. The Kier molecular flexibility index (Phi) is 19.9. The van der Waals surface area contributed by atoms with Gasteiger partial charge in [0.25, 0.3) is 11.8 Å². The van der Waals surface area contributed by atoms with E-state index in [9.17, 15) is 62.6 Å². The van der Waals surface area contributed by atoms with Gasteiger partial charge in [-0.2, -0.15) is 0 Å². The number of amides is 10. The molecule has 498 valence electrons. The van der Waals surface area contributed by atoms with Gasteiger partial charge in [0.2, 0.25) is 52.7 Å². The zero-order chi connectivity index (χ0) is 68.3. The number of hydrogen-bond acceptors (Lipinski definition) is 20. The van der Waals surface area contributed by atoms with Crippen molar-refractivity contribution in [1.29, 1.82) is 0 Å². The first kappa shape index (κ1) is 68.8. The van der Waals surface area contributed by atoms with Crippen LogP contribution in [0.1, 0.15) is 114 Å². The number of Topliss-reactive ketones (excluding diaryl/α,β-unsaturated/α-hetero) is 1. The van der Waals surface area contributed by atoms with E-state index in [2.05, 4.69) is 21.3 Å². The van der Waals surface area contributed by atoms with Crippen LogP contribution in [0.2, 0.25) is 0 Å². The van der Waals surface area contributed by atoms with Crippen molar-refractivity contribution < 1.29 is 86.1 Å². The summed E-state index contributed by atoms with van der Waals surface area (Å²) < 4.78 is 24.4. The molecule has 1 aromatic rings. The van der Waals surface area contributed by atoms with Crippen LogP contribution in [0, 0.1) is 31.6 Å². The Morgan fingerprint density at radius 2 is 1.28 bits per heavy atom. The first-order chi connectivity index (χ1) is 43.0. The Balaban J connectivity index is 1.22. The number of ether oxygens (including phenoxy) is 3. The van der Waals surface area contributed by atoms with Gasteiger partial charge in [-0.05, 0) is 77.3 Å². The van der Waals surface area contributed by atoms with E-state index in [0.717, 1.165) is 24.5 Å². The molecule has 7 aliphatic rings. The van der Waals surface area contributed by atoms with Crippen LogP contribution in [0.3, 0.4) is 0 Å². The maximum Gasteiger partial charge on any atom is 0.329 e. The van der Waals surface area contributed by atoms with E-state index in [1.807, 2.05) is 0 Å². The average Bonchev–Trinajstić information content (AvgIpc) is 1.18. The van der Waals surface area contributed by atoms with Gasteiger partial charge in [-0.25, -0.2) is 14.6 Å². The molecule has 92 heavy (non-hydrogen) atoms. The fraction of sp³-hybridized carbons (Fsp3) is 0.597. The second kappa shape index (κ2) is 26.6. The lowest BCUT2D eigenvalue weighted by Crippen LogP contribution is -2.63. The molecule has 30 nitrogen and oxygen atoms in total. The van der Waals surface area contributed by atoms with E-state index < -0.39 is 222 Å². The SMILES string of the molecule is Cc1c2oc3c(C)ccc(C(=O)NC4C(=O)NC(C(C)C)C(=O)N5C(C)CC(O)C5C(=O)N(C)CC(=O)N(C)C(C(C)C)C(=O)OC4C)c3nc-2c2c(c1=O)OCC1OC(=O)C(C)N(C)C(=O)CN(C)C(=O)C3CC(=O)C(C)N3C(=O)C(C(C)C)NC(=O)C1NC2=O. The lowest BCUT2D eigenvalue weighted by atomic mass is 9.97. The number of benzene rings is 2. The van der Waals surface area contributed by atoms with Crippen molar-refractivity contribution in [1.82, 2.24) is 55.7 Å². The summed E-state index contributed by atoms with van der Waals surface area (Å²) in [7, 11) is 5.20. The lowest BCUT2D eigenvalue weighted by Gasteiger charge is -2.37. The smallest absolute Gasteiger partial charge is 0.329 e. The molecule has 0 aromatic heterocycles. The zero-order valence-corrected chi connectivity index (χ0v) is 54.4. The molecule has 30 heteroatoms.